The highest BCUT2D eigenvalue weighted by molar-refractivity contribution is 5.42. The second-order valence-corrected chi connectivity index (χ2v) is 4.50. The van der Waals surface area contributed by atoms with E-state index in [0.29, 0.717) is 6.54 Å². The molecule has 0 spiro atoms. The summed E-state index contributed by atoms with van der Waals surface area (Å²) in [4.78, 5) is 0. The molecule has 0 fully saturated rings. The molecule has 18 heavy (non-hydrogen) atoms. The van der Waals surface area contributed by atoms with Crippen molar-refractivity contribution in [1.82, 2.24) is 14.8 Å². The smallest absolute Gasteiger partial charge is 0.152 e. The van der Waals surface area contributed by atoms with E-state index >= 15 is 0 Å². The number of hydrogen-bond acceptors (Lipinski definition) is 3. The first-order valence-electron chi connectivity index (χ1n) is 6.23. The van der Waals surface area contributed by atoms with Crippen LogP contribution in [0.5, 0.6) is 0 Å². The van der Waals surface area contributed by atoms with Crippen molar-refractivity contribution in [2.75, 3.05) is 5.32 Å². The summed E-state index contributed by atoms with van der Waals surface area (Å²) in [5, 5.41) is 11.6. The van der Waals surface area contributed by atoms with Crippen LogP contribution in [0, 0.1) is 5.82 Å². The van der Waals surface area contributed by atoms with Crippen molar-refractivity contribution in [3.63, 3.8) is 0 Å². The van der Waals surface area contributed by atoms with E-state index in [-0.39, 0.29) is 5.82 Å². The Kier molecular flexibility index (Phi) is 2.96. The van der Waals surface area contributed by atoms with Gasteiger partial charge >= 0.3 is 0 Å². The Morgan fingerprint density at radius 3 is 2.83 bits per heavy atom. The highest BCUT2D eigenvalue weighted by Gasteiger charge is 2.14. The van der Waals surface area contributed by atoms with Crippen molar-refractivity contribution >= 4 is 5.69 Å². The number of hydrogen-bond donors (Lipinski definition) is 1. The molecule has 0 saturated carbocycles. The van der Waals surface area contributed by atoms with Crippen molar-refractivity contribution in [3.8, 4) is 0 Å². The van der Waals surface area contributed by atoms with Crippen LogP contribution < -0.4 is 5.32 Å². The molecule has 1 aromatic heterocycles. The Labute approximate surface area is 105 Å². The third-order valence-corrected chi connectivity index (χ3v) is 3.23. The Hall–Kier alpha value is -1.91. The Morgan fingerprint density at radius 1 is 1.17 bits per heavy atom. The zero-order chi connectivity index (χ0) is 12.4. The predicted molar refractivity (Wildman–Crippen MR) is 66.7 cm³/mol. The minimum atomic E-state index is -0.222. The second kappa shape index (κ2) is 4.76. The molecule has 0 aliphatic carbocycles. The number of anilines is 1. The summed E-state index contributed by atoms with van der Waals surface area (Å²) >= 11 is 0. The maximum Gasteiger partial charge on any atom is 0.152 e. The molecule has 4 nitrogen and oxygen atoms in total. The van der Waals surface area contributed by atoms with Crippen molar-refractivity contribution in [2.45, 2.75) is 32.4 Å². The maximum atomic E-state index is 12.8. The van der Waals surface area contributed by atoms with E-state index in [4.69, 9.17) is 0 Å². The van der Waals surface area contributed by atoms with Crippen molar-refractivity contribution in [3.05, 3.63) is 41.7 Å². The van der Waals surface area contributed by atoms with Crippen molar-refractivity contribution < 1.29 is 4.39 Å². The van der Waals surface area contributed by atoms with Gasteiger partial charge in [0.25, 0.3) is 0 Å². The fourth-order valence-electron chi connectivity index (χ4n) is 2.25. The summed E-state index contributed by atoms with van der Waals surface area (Å²) < 4.78 is 15.0. The average Bonchev–Trinajstić information content (AvgIpc) is 2.82. The highest BCUT2D eigenvalue weighted by atomic mass is 19.1. The lowest BCUT2D eigenvalue weighted by atomic mass is 10.2. The second-order valence-electron chi connectivity index (χ2n) is 4.50. The third-order valence-electron chi connectivity index (χ3n) is 3.23. The van der Waals surface area contributed by atoms with Gasteiger partial charge in [0.1, 0.15) is 11.6 Å². The Bertz CT molecular complexity index is 532. The van der Waals surface area contributed by atoms with Crippen molar-refractivity contribution in [1.29, 1.82) is 0 Å². The van der Waals surface area contributed by atoms with Gasteiger partial charge in [-0.05, 0) is 37.1 Å². The minimum absolute atomic E-state index is 0.222. The van der Waals surface area contributed by atoms with Gasteiger partial charge in [-0.25, -0.2) is 4.39 Å². The molecule has 5 heteroatoms. The summed E-state index contributed by atoms with van der Waals surface area (Å²) in [5.41, 5.74) is 0.893. The first-order valence-corrected chi connectivity index (χ1v) is 6.23. The first-order chi connectivity index (χ1) is 8.83. The van der Waals surface area contributed by atoms with Gasteiger partial charge in [-0.1, -0.05) is 0 Å². The van der Waals surface area contributed by atoms with Gasteiger partial charge in [0.2, 0.25) is 0 Å². The first kappa shape index (κ1) is 11.2. The Balaban J connectivity index is 1.70. The number of nitrogens with one attached hydrogen (secondary N) is 1. The molecule has 0 amide bonds. The largest absolute Gasteiger partial charge is 0.378 e. The molecule has 1 N–H and O–H groups in total. The van der Waals surface area contributed by atoms with E-state index in [0.717, 1.165) is 30.3 Å². The number of aryl methyl sites for hydroxylation is 1. The molecule has 2 aromatic rings. The summed E-state index contributed by atoms with van der Waals surface area (Å²) in [6.45, 7) is 1.63. The molecule has 0 atom stereocenters. The molecule has 0 bridgehead atoms. The number of fused-ring (bicyclic) bond motifs is 1. The van der Waals surface area contributed by atoms with Gasteiger partial charge in [0.05, 0.1) is 6.54 Å². The molecule has 0 unspecified atom stereocenters. The fourth-order valence-corrected chi connectivity index (χ4v) is 2.25. The lowest BCUT2D eigenvalue weighted by Gasteiger charge is -2.15. The summed E-state index contributed by atoms with van der Waals surface area (Å²) in [7, 11) is 0. The van der Waals surface area contributed by atoms with Gasteiger partial charge in [-0.2, -0.15) is 0 Å². The van der Waals surface area contributed by atoms with Gasteiger partial charge in [0.15, 0.2) is 5.82 Å². The lowest BCUT2D eigenvalue weighted by Crippen LogP contribution is -2.15. The number of nitrogens with zero attached hydrogens (tertiary/aromatic N) is 3. The summed E-state index contributed by atoms with van der Waals surface area (Å²) in [5.74, 6) is 1.81. The summed E-state index contributed by atoms with van der Waals surface area (Å²) in [6, 6.07) is 6.34. The summed E-state index contributed by atoms with van der Waals surface area (Å²) in [6.07, 6.45) is 3.40. The molecular formula is C13H15FN4. The number of benzene rings is 1. The van der Waals surface area contributed by atoms with Gasteiger partial charge < -0.3 is 9.88 Å². The minimum Gasteiger partial charge on any atom is -0.378 e. The molecule has 1 aliphatic heterocycles. The zero-order valence-electron chi connectivity index (χ0n) is 10.1. The molecule has 1 aliphatic rings. The van der Waals surface area contributed by atoms with E-state index < -0.39 is 0 Å². The van der Waals surface area contributed by atoms with E-state index in [9.17, 15) is 4.39 Å². The van der Waals surface area contributed by atoms with Crippen molar-refractivity contribution in [2.24, 2.45) is 0 Å². The number of halogens is 1. The Morgan fingerprint density at radius 2 is 2.00 bits per heavy atom. The normalized spacial score (nSPS) is 14.3. The van der Waals surface area contributed by atoms with Gasteiger partial charge in [-0.15, -0.1) is 10.2 Å². The van der Waals surface area contributed by atoms with Crippen LogP contribution in [0.3, 0.4) is 0 Å². The van der Waals surface area contributed by atoms with Crippen LogP contribution in [-0.2, 0) is 19.5 Å². The van der Waals surface area contributed by atoms with Crippen LogP contribution in [0.2, 0.25) is 0 Å². The SMILES string of the molecule is Fc1ccc(NCc2nnc3n2CCCC3)cc1. The van der Waals surface area contributed by atoms with Crippen LogP contribution in [0.15, 0.2) is 24.3 Å². The maximum absolute atomic E-state index is 12.8. The molecular weight excluding hydrogens is 231 g/mol. The monoisotopic (exact) mass is 246 g/mol. The quantitative estimate of drug-likeness (QED) is 0.904. The van der Waals surface area contributed by atoms with Crippen LogP contribution in [0.1, 0.15) is 24.5 Å². The molecule has 0 radical (unpaired) electrons. The number of aromatic nitrogens is 3. The van der Waals surface area contributed by atoms with Crippen LogP contribution >= 0.6 is 0 Å². The lowest BCUT2D eigenvalue weighted by molar-refractivity contribution is 0.510. The highest BCUT2D eigenvalue weighted by Crippen LogP contribution is 2.15. The van der Waals surface area contributed by atoms with E-state index in [2.05, 4.69) is 20.1 Å². The van der Waals surface area contributed by atoms with E-state index in [1.807, 2.05) is 0 Å². The van der Waals surface area contributed by atoms with Crippen LogP contribution in [-0.4, -0.2) is 14.8 Å². The predicted octanol–water partition coefficient (Wildman–Crippen LogP) is 2.37. The molecule has 94 valence electrons. The van der Waals surface area contributed by atoms with Crippen LogP contribution in [0.4, 0.5) is 10.1 Å². The van der Waals surface area contributed by atoms with Crippen LogP contribution in [0.25, 0.3) is 0 Å². The van der Waals surface area contributed by atoms with Gasteiger partial charge in [-0.3, -0.25) is 0 Å². The van der Waals surface area contributed by atoms with Gasteiger partial charge in [0, 0.05) is 18.7 Å². The average molecular weight is 246 g/mol. The number of rotatable bonds is 3. The zero-order valence-corrected chi connectivity index (χ0v) is 10.1. The third kappa shape index (κ3) is 2.20. The molecule has 1 aromatic carbocycles. The fraction of sp³-hybridized carbons (Fsp3) is 0.385. The van der Waals surface area contributed by atoms with E-state index in [1.165, 1.54) is 25.0 Å². The van der Waals surface area contributed by atoms with E-state index in [1.54, 1.807) is 12.1 Å². The molecule has 3 rings (SSSR count). The molecule has 2 heterocycles. The standard InChI is InChI=1S/C13H15FN4/c14-10-4-6-11(7-5-10)15-9-13-17-16-12-3-1-2-8-18(12)13/h4-7,15H,1-3,8-9H2. The topological polar surface area (TPSA) is 42.7 Å². The molecule has 0 saturated heterocycles.